The Kier molecular flexibility index (Phi) is 5.66. The van der Waals surface area contributed by atoms with Crippen LogP contribution in [0.15, 0.2) is 30.3 Å². The standard InChI is InChI=1S/C19H26N2O2S/c1-14(20-12-19(13-22)8-10-23-11-9-19)17-15(2)21-18(24-17)16-6-4-3-5-7-16/h3-7,14,20,22H,8-13H2,1-2H3. The van der Waals surface area contributed by atoms with Crippen LogP contribution in [0.4, 0.5) is 0 Å². The quantitative estimate of drug-likeness (QED) is 0.840. The zero-order valence-corrected chi connectivity index (χ0v) is 15.2. The number of aryl methyl sites for hydroxylation is 1. The van der Waals surface area contributed by atoms with Gasteiger partial charge < -0.3 is 15.2 Å². The summed E-state index contributed by atoms with van der Waals surface area (Å²) in [5.74, 6) is 0. The van der Waals surface area contributed by atoms with Crippen molar-refractivity contribution in [3.8, 4) is 10.6 Å². The molecular formula is C19H26N2O2S. The third-order valence-corrected chi connectivity index (χ3v) is 6.31. The molecule has 1 aliphatic rings. The van der Waals surface area contributed by atoms with Crippen molar-refractivity contribution < 1.29 is 9.84 Å². The molecule has 2 aromatic rings. The average molecular weight is 346 g/mol. The van der Waals surface area contributed by atoms with Gasteiger partial charge in [0.2, 0.25) is 0 Å². The predicted octanol–water partition coefficient (Wildman–Crippen LogP) is 3.56. The van der Waals surface area contributed by atoms with Crippen molar-refractivity contribution in [2.24, 2.45) is 5.41 Å². The van der Waals surface area contributed by atoms with Crippen molar-refractivity contribution in [3.05, 3.63) is 40.9 Å². The molecule has 1 atom stereocenters. The van der Waals surface area contributed by atoms with Gasteiger partial charge in [0, 0.05) is 41.7 Å². The van der Waals surface area contributed by atoms with E-state index in [1.165, 1.54) is 10.4 Å². The molecule has 24 heavy (non-hydrogen) atoms. The number of aromatic nitrogens is 1. The van der Waals surface area contributed by atoms with Gasteiger partial charge in [-0.25, -0.2) is 4.98 Å². The Balaban J connectivity index is 1.69. The molecule has 130 valence electrons. The van der Waals surface area contributed by atoms with E-state index in [0.717, 1.165) is 43.3 Å². The predicted molar refractivity (Wildman–Crippen MR) is 98.3 cm³/mol. The Morgan fingerprint density at radius 2 is 2.00 bits per heavy atom. The SMILES string of the molecule is Cc1nc(-c2ccccc2)sc1C(C)NCC1(CO)CCOCC1. The third kappa shape index (κ3) is 3.86. The van der Waals surface area contributed by atoms with Gasteiger partial charge in [0.25, 0.3) is 0 Å². The van der Waals surface area contributed by atoms with Crippen LogP contribution in [-0.2, 0) is 4.74 Å². The maximum absolute atomic E-state index is 9.83. The van der Waals surface area contributed by atoms with Crippen molar-refractivity contribution in [2.45, 2.75) is 32.7 Å². The number of rotatable bonds is 6. The summed E-state index contributed by atoms with van der Waals surface area (Å²) in [5, 5.41) is 14.5. The van der Waals surface area contributed by atoms with Crippen molar-refractivity contribution in [2.75, 3.05) is 26.4 Å². The minimum atomic E-state index is -0.0483. The Morgan fingerprint density at radius 3 is 2.67 bits per heavy atom. The lowest BCUT2D eigenvalue weighted by Gasteiger charge is -2.36. The summed E-state index contributed by atoms with van der Waals surface area (Å²) < 4.78 is 5.44. The summed E-state index contributed by atoms with van der Waals surface area (Å²) in [5.41, 5.74) is 2.21. The van der Waals surface area contributed by atoms with Gasteiger partial charge >= 0.3 is 0 Å². The van der Waals surface area contributed by atoms with E-state index in [4.69, 9.17) is 9.72 Å². The molecule has 1 aromatic heterocycles. The average Bonchev–Trinajstić information content (AvgIpc) is 3.03. The number of nitrogens with one attached hydrogen (secondary N) is 1. The number of benzene rings is 1. The molecule has 0 aliphatic carbocycles. The molecule has 0 spiro atoms. The Labute approximate surface area is 147 Å². The molecule has 5 heteroatoms. The first-order valence-corrected chi connectivity index (χ1v) is 9.40. The molecule has 1 unspecified atom stereocenters. The zero-order chi connectivity index (χ0) is 17.0. The third-order valence-electron chi connectivity index (χ3n) is 4.92. The van der Waals surface area contributed by atoms with Crippen molar-refractivity contribution in [1.29, 1.82) is 0 Å². The molecule has 0 amide bonds. The van der Waals surface area contributed by atoms with Crippen LogP contribution in [0, 0.1) is 12.3 Å². The molecule has 2 heterocycles. The van der Waals surface area contributed by atoms with Gasteiger partial charge in [-0.2, -0.15) is 0 Å². The van der Waals surface area contributed by atoms with Crippen LogP contribution in [0.3, 0.4) is 0 Å². The highest BCUT2D eigenvalue weighted by Crippen LogP contribution is 2.33. The molecular weight excluding hydrogens is 320 g/mol. The fraction of sp³-hybridized carbons (Fsp3) is 0.526. The van der Waals surface area contributed by atoms with Crippen molar-refractivity contribution in [1.82, 2.24) is 10.3 Å². The molecule has 2 N–H and O–H groups in total. The van der Waals surface area contributed by atoms with E-state index < -0.39 is 0 Å². The summed E-state index contributed by atoms with van der Waals surface area (Å²) in [4.78, 5) is 6.02. The summed E-state index contributed by atoms with van der Waals surface area (Å²) in [6.07, 6.45) is 1.83. The van der Waals surface area contributed by atoms with E-state index in [9.17, 15) is 5.11 Å². The largest absolute Gasteiger partial charge is 0.396 e. The lowest BCUT2D eigenvalue weighted by molar-refractivity contribution is -0.0163. The summed E-state index contributed by atoms with van der Waals surface area (Å²) >= 11 is 1.75. The van der Waals surface area contributed by atoms with E-state index in [2.05, 4.69) is 31.3 Å². The fourth-order valence-corrected chi connectivity index (χ4v) is 4.27. The molecule has 4 nitrogen and oxygen atoms in total. The zero-order valence-electron chi connectivity index (χ0n) is 14.4. The molecule has 3 rings (SSSR count). The lowest BCUT2D eigenvalue weighted by Crippen LogP contribution is -2.42. The van der Waals surface area contributed by atoms with Gasteiger partial charge in [-0.3, -0.25) is 0 Å². The molecule has 1 aliphatic heterocycles. The number of aliphatic hydroxyl groups is 1. The number of thiazole rings is 1. The van der Waals surface area contributed by atoms with E-state index in [0.29, 0.717) is 0 Å². The Morgan fingerprint density at radius 1 is 1.29 bits per heavy atom. The topological polar surface area (TPSA) is 54.4 Å². The number of ether oxygens (including phenoxy) is 1. The minimum absolute atomic E-state index is 0.0483. The van der Waals surface area contributed by atoms with Crippen LogP contribution in [-0.4, -0.2) is 36.5 Å². The molecule has 0 saturated carbocycles. The highest BCUT2D eigenvalue weighted by atomic mass is 32.1. The Bertz CT molecular complexity index is 651. The van der Waals surface area contributed by atoms with Crippen LogP contribution >= 0.6 is 11.3 Å². The first kappa shape index (κ1) is 17.5. The van der Waals surface area contributed by atoms with Gasteiger partial charge in [-0.05, 0) is 26.7 Å². The monoisotopic (exact) mass is 346 g/mol. The van der Waals surface area contributed by atoms with E-state index in [1.54, 1.807) is 11.3 Å². The molecule has 1 aromatic carbocycles. The normalized spacial score (nSPS) is 18.5. The fourth-order valence-electron chi connectivity index (χ4n) is 3.17. The first-order valence-electron chi connectivity index (χ1n) is 8.58. The van der Waals surface area contributed by atoms with Crippen LogP contribution in [0.1, 0.15) is 36.4 Å². The second kappa shape index (κ2) is 7.74. The minimum Gasteiger partial charge on any atom is -0.396 e. The second-order valence-corrected chi connectivity index (χ2v) is 7.74. The van der Waals surface area contributed by atoms with Crippen LogP contribution in [0.5, 0.6) is 0 Å². The van der Waals surface area contributed by atoms with Gasteiger partial charge in [-0.1, -0.05) is 30.3 Å². The second-order valence-electron chi connectivity index (χ2n) is 6.71. The Hall–Kier alpha value is -1.27. The first-order chi connectivity index (χ1) is 11.6. The van der Waals surface area contributed by atoms with Crippen molar-refractivity contribution in [3.63, 3.8) is 0 Å². The number of aliphatic hydroxyl groups excluding tert-OH is 1. The summed E-state index contributed by atoms with van der Waals surface area (Å²) in [6, 6.07) is 10.5. The van der Waals surface area contributed by atoms with Gasteiger partial charge in [0.05, 0.1) is 12.3 Å². The van der Waals surface area contributed by atoms with Crippen LogP contribution in [0.25, 0.3) is 10.6 Å². The molecule has 0 radical (unpaired) electrons. The van der Waals surface area contributed by atoms with Crippen LogP contribution in [0.2, 0.25) is 0 Å². The van der Waals surface area contributed by atoms with Crippen LogP contribution < -0.4 is 5.32 Å². The van der Waals surface area contributed by atoms with Gasteiger partial charge in [0.1, 0.15) is 5.01 Å². The maximum atomic E-state index is 9.83. The van der Waals surface area contributed by atoms with E-state index >= 15 is 0 Å². The number of nitrogens with zero attached hydrogens (tertiary/aromatic N) is 1. The van der Waals surface area contributed by atoms with E-state index in [-0.39, 0.29) is 18.1 Å². The number of hydrogen-bond donors (Lipinski definition) is 2. The molecule has 1 saturated heterocycles. The van der Waals surface area contributed by atoms with E-state index in [1.807, 2.05) is 18.2 Å². The summed E-state index contributed by atoms with van der Waals surface area (Å²) in [7, 11) is 0. The smallest absolute Gasteiger partial charge is 0.123 e. The van der Waals surface area contributed by atoms with Crippen molar-refractivity contribution >= 4 is 11.3 Å². The lowest BCUT2D eigenvalue weighted by atomic mass is 9.81. The maximum Gasteiger partial charge on any atom is 0.123 e. The number of hydrogen-bond acceptors (Lipinski definition) is 5. The molecule has 1 fully saturated rings. The summed E-state index contributed by atoms with van der Waals surface area (Å²) in [6.45, 7) is 6.77. The van der Waals surface area contributed by atoms with Gasteiger partial charge in [0.15, 0.2) is 0 Å². The van der Waals surface area contributed by atoms with Gasteiger partial charge in [-0.15, -0.1) is 11.3 Å². The molecule has 0 bridgehead atoms. The highest BCUT2D eigenvalue weighted by Gasteiger charge is 2.32. The highest BCUT2D eigenvalue weighted by molar-refractivity contribution is 7.15.